The van der Waals surface area contributed by atoms with Gasteiger partial charge in [-0.2, -0.15) is 5.10 Å². The fourth-order valence-corrected chi connectivity index (χ4v) is 1.88. The molecule has 1 aliphatic rings. The highest BCUT2D eigenvalue weighted by Crippen LogP contribution is 2.15. The fraction of sp³-hybridized carbons (Fsp3) is 0.444. The molecule has 3 heterocycles. The summed E-state index contributed by atoms with van der Waals surface area (Å²) >= 11 is 0. The van der Waals surface area contributed by atoms with Crippen LogP contribution in [0.5, 0.6) is 0 Å². The monoisotopic (exact) mass is 189 g/mol. The molecular weight excluding hydrogens is 178 g/mol. The van der Waals surface area contributed by atoms with Crippen LogP contribution in [-0.4, -0.2) is 26.1 Å². The molecule has 0 bridgehead atoms. The van der Waals surface area contributed by atoms with Crippen molar-refractivity contribution in [3.8, 4) is 0 Å². The number of nitrogens with zero attached hydrogens (tertiary/aromatic N) is 4. The van der Waals surface area contributed by atoms with E-state index >= 15 is 0 Å². The Balaban J connectivity index is 2.33. The summed E-state index contributed by atoms with van der Waals surface area (Å²) in [5.74, 6) is 0.804. The van der Waals surface area contributed by atoms with Crippen LogP contribution < -0.4 is 5.32 Å². The third-order valence-electron chi connectivity index (χ3n) is 2.52. The summed E-state index contributed by atoms with van der Waals surface area (Å²) in [6, 6.07) is 0. The summed E-state index contributed by atoms with van der Waals surface area (Å²) in [5, 5.41) is 7.54. The predicted molar refractivity (Wildman–Crippen MR) is 50.9 cm³/mol. The maximum atomic E-state index is 4.41. The second-order valence-corrected chi connectivity index (χ2v) is 3.52. The summed E-state index contributed by atoms with van der Waals surface area (Å²) in [6.45, 7) is 3.75. The van der Waals surface area contributed by atoms with E-state index in [1.165, 1.54) is 5.56 Å². The first kappa shape index (κ1) is 7.87. The highest BCUT2D eigenvalue weighted by Gasteiger charge is 2.15. The average Bonchev–Trinajstić information content (AvgIpc) is 2.59. The van der Waals surface area contributed by atoms with Crippen LogP contribution in [0.1, 0.15) is 17.1 Å². The molecule has 2 aromatic rings. The van der Waals surface area contributed by atoms with Gasteiger partial charge in [-0.05, 0) is 19.9 Å². The first-order chi connectivity index (χ1) is 6.84. The molecule has 0 aliphatic carbocycles. The quantitative estimate of drug-likeness (QED) is 0.637. The Kier molecular flexibility index (Phi) is 1.55. The van der Waals surface area contributed by atoms with Gasteiger partial charge in [-0.1, -0.05) is 0 Å². The van der Waals surface area contributed by atoms with Gasteiger partial charge in [0, 0.05) is 12.1 Å². The average molecular weight is 189 g/mol. The van der Waals surface area contributed by atoms with Crippen molar-refractivity contribution < 1.29 is 0 Å². The van der Waals surface area contributed by atoms with Crippen LogP contribution in [-0.2, 0) is 13.0 Å². The number of hydrogen-bond donors (Lipinski definition) is 1. The third kappa shape index (κ3) is 1.02. The van der Waals surface area contributed by atoms with Crippen LogP contribution in [0.4, 0.5) is 0 Å². The Labute approximate surface area is 81.2 Å². The molecule has 3 rings (SSSR count). The van der Waals surface area contributed by atoms with Gasteiger partial charge in [0.25, 0.3) is 0 Å². The molecule has 1 aliphatic heterocycles. The number of nitrogens with one attached hydrogen (secondary N) is 1. The minimum atomic E-state index is 0.804. The first-order valence-corrected chi connectivity index (χ1v) is 4.75. The minimum Gasteiger partial charge on any atom is -0.311 e. The summed E-state index contributed by atoms with van der Waals surface area (Å²) in [6.07, 6.45) is 2.73. The van der Waals surface area contributed by atoms with E-state index in [2.05, 4.69) is 20.4 Å². The molecule has 14 heavy (non-hydrogen) atoms. The van der Waals surface area contributed by atoms with Crippen molar-refractivity contribution in [1.29, 1.82) is 0 Å². The second-order valence-electron chi connectivity index (χ2n) is 3.52. The lowest BCUT2D eigenvalue weighted by atomic mass is 10.1. The molecule has 0 amide bonds. The Morgan fingerprint density at radius 2 is 2.43 bits per heavy atom. The van der Waals surface area contributed by atoms with E-state index in [9.17, 15) is 0 Å². The highest BCUT2D eigenvalue weighted by molar-refractivity contribution is 5.49. The first-order valence-electron chi connectivity index (χ1n) is 4.75. The van der Waals surface area contributed by atoms with Crippen LogP contribution in [0.25, 0.3) is 5.65 Å². The Bertz CT molecular complexity index is 487. The molecule has 1 N–H and O–H groups in total. The Morgan fingerprint density at radius 1 is 1.50 bits per heavy atom. The van der Waals surface area contributed by atoms with Crippen molar-refractivity contribution in [3.05, 3.63) is 23.4 Å². The van der Waals surface area contributed by atoms with E-state index in [1.54, 1.807) is 10.8 Å². The van der Waals surface area contributed by atoms with Gasteiger partial charge in [0.05, 0.1) is 5.69 Å². The molecule has 0 unspecified atom stereocenters. The summed E-state index contributed by atoms with van der Waals surface area (Å²) in [4.78, 5) is 8.77. The number of rotatable bonds is 0. The molecule has 72 valence electrons. The Morgan fingerprint density at radius 3 is 3.36 bits per heavy atom. The van der Waals surface area contributed by atoms with E-state index in [4.69, 9.17) is 0 Å². The van der Waals surface area contributed by atoms with Gasteiger partial charge in [0.1, 0.15) is 12.2 Å². The lowest BCUT2D eigenvalue weighted by Gasteiger charge is -2.15. The normalized spacial score (nSPS) is 15.8. The van der Waals surface area contributed by atoms with E-state index in [0.717, 1.165) is 36.7 Å². The molecule has 0 aromatic carbocycles. The van der Waals surface area contributed by atoms with E-state index in [-0.39, 0.29) is 0 Å². The number of fused-ring (bicyclic) bond motifs is 3. The molecule has 5 nitrogen and oxygen atoms in total. The van der Waals surface area contributed by atoms with Crippen molar-refractivity contribution in [2.45, 2.75) is 19.9 Å². The van der Waals surface area contributed by atoms with Gasteiger partial charge >= 0.3 is 0 Å². The van der Waals surface area contributed by atoms with Crippen molar-refractivity contribution in [2.75, 3.05) is 6.54 Å². The van der Waals surface area contributed by atoms with Gasteiger partial charge in [-0.25, -0.2) is 14.5 Å². The van der Waals surface area contributed by atoms with E-state index in [0.29, 0.717) is 0 Å². The van der Waals surface area contributed by atoms with Gasteiger partial charge < -0.3 is 5.32 Å². The molecule has 0 saturated heterocycles. The standard InChI is InChI=1S/C9H11N5/c1-6-12-9-7-2-3-10-4-8(7)11-5-14(9)13-6/h5,10H,2-4H2,1H3. The summed E-state index contributed by atoms with van der Waals surface area (Å²) in [5.41, 5.74) is 3.32. The van der Waals surface area contributed by atoms with Crippen LogP contribution >= 0.6 is 0 Å². The molecule has 0 spiro atoms. The number of aromatic nitrogens is 4. The molecule has 0 atom stereocenters. The van der Waals surface area contributed by atoms with Gasteiger partial charge in [-0.15, -0.1) is 0 Å². The lowest BCUT2D eigenvalue weighted by molar-refractivity contribution is 0.622. The summed E-state index contributed by atoms with van der Waals surface area (Å²) in [7, 11) is 0. The van der Waals surface area contributed by atoms with E-state index < -0.39 is 0 Å². The molecule has 0 radical (unpaired) electrons. The van der Waals surface area contributed by atoms with Crippen LogP contribution in [0.2, 0.25) is 0 Å². The number of hydrogen-bond acceptors (Lipinski definition) is 4. The van der Waals surface area contributed by atoms with Crippen molar-refractivity contribution in [3.63, 3.8) is 0 Å². The zero-order valence-electron chi connectivity index (χ0n) is 7.99. The van der Waals surface area contributed by atoms with Crippen LogP contribution in [0, 0.1) is 6.92 Å². The fourth-order valence-electron chi connectivity index (χ4n) is 1.88. The molecule has 0 fully saturated rings. The molecule has 0 saturated carbocycles. The predicted octanol–water partition coefficient (Wildman–Crippen LogP) is 0.0784. The zero-order chi connectivity index (χ0) is 9.54. The highest BCUT2D eigenvalue weighted by atomic mass is 15.3. The van der Waals surface area contributed by atoms with Gasteiger partial charge in [0.15, 0.2) is 5.65 Å². The van der Waals surface area contributed by atoms with E-state index in [1.807, 2.05) is 6.92 Å². The van der Waals surface area contributed by atoms with Gasteiger partial charge in [-0.3, -0.25) is 0 Å². The largest absolute Gasteiger partial charge is 0.311 e. The zero-order valence-corrected chi connectivity index (χ0v) is 7.99. The maximum Gasteiger partial charge on any atom is 0.162 e. The maximum absolute atomic E-state index is 4.41. The van der Waals surface area contributed by atoms with Gasteiger partial charge in [0.2, 0.25) is 0 Å². The Hall–Kier alpha value is -1.49. The van der Waals surface area contributed by atoms with Crippen LogP contribution in [0.3, 0.4) is 0 Å². The number of aryl methyl sites for hydroxylation is 1. The topological polar surface area (TPSA) is 55.1 Å². The molecule has 2 aromatic heterocycles. The van der Waals surface area contributed by atoms with Crippen molar-refractivity contribution in [1.82, 2.24) is 24.9 Å². The smallest absolute Gasteiger partial charge is 0.162 e. The van der Waals surface area contributed by atoms with Crippen LogP contribution in [0.15, 0.2) is 6.33 Å². The van der Waals surface area contributed by atoms with Crippen molar-refractivity contribution >= 4 is 5.65 Å². The summed E-state index contributed by atoms with van der Waals surface area (Å²) < 4.78 is 1.76. The second kappa shape index (κ2) is 2.75. The molecule has 5 heteroatoms. The third-order valence-corrected chi connectivity index (χ3v) is 2.52. The SMILES string of the molecule is Cc1nc2c3c(ncn2n1)CNCC3. The molecular formula is C9H11N5. The minimum absolute atomic E-state index is 0.804. The lowest BCUT2D eigenvalue weighted by Crippen LogP contribution is -2.25. The van der Waals surface area contributed by atoms with Crippen molar-refractivity contribution in [2.24, 2.45) is 0 Å².